The van der Waals surface area contributed by atoms with Gasteiger partial charge in [0.25, 0.3) is 0 Å². The van der Waals surface area contributed by atoms with Gasteiger partial charge in [-0.25, -0.2) is 13.2 Å². The van der Waals surface area contributed by atoms with Crippen LogP contribution in [0, 0.1) is 23.4 Å². The van der Waals surface area contributed by atoms with Gasteiger partial charge < -0.3 is 5.32 Å². The molecule has 4 heteroatoms. The zero-order valence-electron chi connectivity index (χ0n) is 9.77. The second-order valence-electron chi connectivity index (χ2n) is 4.66. The van der Waals surface area contributed by atoms with Gasteiger partial charge in [-0.3, -0.25) is 0 Å². The summed E-state index contributed by atoms with van der Waals surface area (Å²) in [5.74, 6) is -2.23. The molecule has 1 unspecified atom stereocenters. The van der Waals surface area contributed by atoms with Crippen molar-refractivity contribution in [3.8, 4) is 0 Å². The lowest BCUT2D eigenvalue weighted by Gasteiger charge is -2.30. The first-order valence-electron chi connectivity index (χ1n) is 5.93. The van der Waals surface area contributed by atoms with Crippen LogP contribution in [0.3, 0.4) is 0 Å². The fourth-order valence-corrected chi connectivity index (χ4v) is 2.27. The molecule has 0 spiro atoms. The van der Waals surface area contributed by atoms with E-state index < -0.39 is 17.5 Å². The molecule has 1 aliphatic rings. The van der Waals surface area contributed by atoms with Crippen LogP contribution in [-0.4, -0.2) is 7.05 Å². The van der Waals surface area contributed by atoms with Crippen LogP contribution in [0.2, 0.25) is 0 Å². The fourth-order valence-electron chi connectivity index (χ4n) is 2.27. The first kappa shape index (κ1) is 12.4. The number of benzene rings is 1. The van der Waals surface area contributed by atoms with E-state index in [1.165, 1.54) is 6.42 Å². The molecule has 0 aliphatic heterocycles. The van der Waals surface area contributed by atoms with Crippen LogP contribution < -0.4 is 5.32 Å². The third-order valence-corrected chi connectivity index (χ3v) is 3.56. The lowest BCUT2D eigenvalue weighted by Crippen LogP contribution is -2.24. The number of hydrogen-bond donors (Lipinski definition) is 1. The monoisotopic (exact) mass is 243 g/mol. The molecule has 17 heavy (non-hydrogen) atoms. The Balaban J connectivity index is 2.19. The van der Waals surface area contributed by atoms with Crippen LogP contribution in [0.1, 0.15) is 37.3 Å². The smallest absolute Gasteiger partial charge is 0.161 e. The Bertz CT molecular complexity index is 402. The van der Waals surface area contributed by atoms with Gasteiger partial charge in [0.2, 0.25) is 0 Å². The van der Waals surface area contributed by atoms with Gasteiger partial charge in [0.1, 0.15) is 5.82 Å². The number of hydrogen-bond acceptors (Lipinski definition) is 1. The van der Waals surface area contributed by atoms with Crippen molar-refractivity contribution in [1.82, 2.24) is 5.32 Å². The van der Waals surface area contributed by atoms with E-state index in [9.17, 15) is 13.2 Å². The third kappa shape index (κ3) is 2.63. The minimum absolute atomic E-state index is 0.221. The SMILES string of the molecule is CNC(CC1CCC1)c1cc(F)c(F)cc1F. The van der Waals surface area contributed by atoms with E-state index in [0.717, 1.165) is 25.3 Å². The van der Waals surface area contributed by atoms with Gasteiger partial charge in [0.15, 0.2) is 11.6 Å². The standard InChI is InChI=1S/C13H16F3N/c1-17-13(5-8-3-2-4-8)9-6-11(15)12(16)7-10(9)14/h6-8,13,17H,2-5H2,1H3. The molecule has 1 aliphatic carbocycles. The average Bonchev–Trinajstić information content (AvgIpc) is 2.23. The summed E-state index contributed by atoms with van der Waals surface area (Å²) in [5, 5.41) is 2.98. The van der Waals surface area contributed by atoms with Gasteiger partial charge >= 0.3 is 0 Å². The predicted octanol–water partition coefficient (Wildman–Crippen LogP) is 3.55. The summed E-state index contributed by atoms with van der Waals surface area (Å²) < 4.78 is 39.5. The van der Waals surface area contributed by atoms with Crippen LogP contribution in [0.15, 0.2) is 12.1 Å². The second kappa shape index (κ2) is 5.08. The van der Waals surface area contributed by atoms with Gasteiger partial charge in [-0.1, -0.05) is 19.3 Å². The van der Waals surface area contributed by atoms with E-state index in [2.05, 4.69) is 5.32 Å². The van der Waals surface area contributed by atoms with Gasteiger partial charge in [0.05, 0.1) is 0 Å². The van der Waals surface area contributed by atoms with Crippen molar-refractivity contribution in [2.75, 3.05) is 7.05 Å². The molecule has 0 bridgehead atoms. The third-order valence-electron chi connectivity index (χ3n) is 3.56. The highest BCUT2D eigenvalue weighted by Gasteiger charge is 2.24. The minimum Gasteiger partial charge on any atom is -0.313 e. The summed E-state index contributed by atoms with van der Waals surface area (Å²) >= 11 is 0. The molecule has 0 aromatic heterocycles. The molecule has 1 aromatic carbocycles. The molecule has 1 atom stereocenters. The molecule has 0 saturated heterocycles. The molecule has 0 amide bonds. The molecule has 2 rings (SSSR count). The van der Waals surface area contributed by atoms with Crippen LogP contribution in [0.5, 0.6) is 0 Å². The maximum atomic E-state index is 13.6. The summed E-state index contributed by atoms with van der Waals surface area (Å²) in [6, 6.07) is 1.34. The Morgan fingerprint density at radius 1 is 1.18 bits per heavy atom. The Hall–Kier alpha value is -1.03. The van der Waals surface area contributed by atoms with E-state index in [-0.39, 0.29) is 11.6 Å². The Morgan fingerprint density at radius 3 is 2.35 bits per heavy atom. The summed E-state index contributed by atoms with van der Waals surface area (Å²) in [5.41, 5.74) is 0.221. The van der Waals surface area contributed by atoms with Crippen molar-refractivity contribution in [2.24, 2.45) is 5.92 Å². The van der Waals surface area contributed by atoms with Gasteiger partial charge in [-0.05, 0) is 25.5 Å². The van der Waals surface area contributed by atoms with Crippen LogP contribution in [-0.2, 0) is 0 Å². The average molecular weight is 243 g/mol. The van der Waals surface area contributed by atoms with E-state index in [0.29, 0.717) is 12.0 Å². The molecule has 1 saturated carbocycles. The summed E-state index contributed by atoms with van der Waals surface area (Å²) in [6.07, 6.45) is 4.27. The Labute approximate surface area is 99.0 Å². The van der Waals surface area contributed by atoms with Gasteiger partial charge in [-0.2, -0.15) is 0 Å². The molecule has 1 N–H and O–H groups in total. The first-order chi connectivity index (χ1) is 8.11. The highest BCUT2D eigenvalue weighted by atomic mass is 19.2. The predicted molar refractivity (Wildman–Crippen MR) is 60.1 cm³/mol. The molecule has 1 nitrogen and oxygen atoms in total. The van der Waals surface area contributed by atoms with E-state index in [1.807, 2.05) is 0 Å². The maximum Gasteiger partial charge on any atom is 0.161 e. The molecular weight excluding hydrogens is 227 g/mol. The lowest BCUT2D eigenvalue weighted by atomic mass is 9.79. The highest BCUT2D eigenvalue weighted by molar-refractivity contribution is 5.23. The van der Waals surface area contributed by atoms with Crippen molar-refractivity contribution in [2.45, 2.75) is 31.7 Å². The Morgan fingerprint density at radius 2 is 1.82 bits per heavy atom. The van der Waals surface area contributed by atoms with Crippen molar-refractivity contribution in [3.63, 3.8) is 0 Å². The van der Waals surface area contributed by atoms with E-state index in [1.54, 1.807) is 7.05 Å². The van der Waals surface area contributed by atoms with Crippen molar-refractivity contribution in [1.29, 1.82) is 0 Å². The van der Waals surface area contributed by atoms with Crippen LogP contribution >= 0.6 is 0 Å². The largest absolute Gasteiger partial charge is 0.313 e. The van der Waals surface area contributed by atoms with E-state index in [4.69, 9.17) is 0 Å². The zero-order valence-corrected chi connectivity index (χ0v) is 9.77. The minimum atomic E-state index is -1.13. The fraction of sp³-hybridized carbons (Fsp3) is 0.538. The van der Waals surface area contributed by atoms with Crippen LogP contribution in [0.4, 0.5) is 13.2 Å². The number of nitrogens with one attached hydrogen (secondary N) is 1. The summed E-state index contributed by atoms with van der Waals surface area (Å²) in [4.78, 5) is 0. The summed E-state index contributed by atoms with van der Waals surface area (Å²) in [7, 11) is 1.71. The van der Waals surface area contributed by atoms with E-state index >= 15 is 0 Å². The van der Waals surface area contributed by atoms with Crippen molar-refractivity contribution in [3.05, 3.63) is 35.1 Å². The van der Waals surface area contributed by atoms with Crippen LogP contribution in [0.25, 0.3) is 0 Å². The number of rotatable bonds is 4. The lowest BCUT2D eigenvalue weighted by molar-refractivity contribution is 0.263. The molecule has 1 fully saturated rings. The Kier molecular flexibility index (Phi) is 3.72. The molecule has 0 heterocycles. The number of halogens is 3. The summed E-state index contributed by atoms with van der Waals surface area (Å²) in [6.45, 7) is 0. The highest BCUT2D eigenvalue weighted by Crippen LogP contribution is 2.35. The molecule has 94 valence electrons. The zero-order chi connectivity index (χ0) is 12.4. The topological polar surface area (TPSA) is 12.0 Å². The molecule has 1 aromatic rings. The quantitative estimate of drug-likeness (QED) is 0.797. The van der Waals surface area contributed by atoms with Gasteiger partial charge in [0, 0.05) is 17.7 Å². The molecule has 0 radical (unpaired) electrons. The van der Waals surface area contributed by atoms with Gasteiger partial charge in [-0.15, -0.1) is 0 Å². The maximum absolute atomic E-state index is 13.6. The molecular formula is C13H16F3N. The first-order valence-corrected chi connectivity index (χ1v) is 5.93. The van der Waals surface area contributed by atoms with Crippen molar-refractivity contribution >= 4 is 0 Å². The second-order valence-corrected chi connectivity index (χ2v) is 4.66. The van der Waals surface area contributed by atoms with Crippen molar-refractivity contribution < 1.29 is 13.2 Å². The normalized spacial score (nSPS) is 17.9.